The van der Waals surface area contributed by atoms with Crippen LogP contribution in [-0.2, 0) is 10.0 Å². The summed E-state index contributed by atoms with van der Waals surface area (Å²) in [5, 5.41) is 5.11. The number of piperidine rings is 1. The molecule has 4 nitrogen and oxygen atoms in total. The molecule has 0 saturated carbocycles. The molecule has 1 N–H and O–H groups in total. The van der Waals surface area contributed by atoms with E-state index in [1.807, 2.05) is 6.92 Å². The average molecular weight is 367 g/mol. The van der Waals surface area contributed by atoms with E-state index in [1.165, 1.54) is 11.3 Å². The molecule has 0 amide bonds. The van der Waals surface area contributed by atoms with Gasteiger partial charge < -0.3 is 5.32 Å². The molecule has 1 aromatic heterocycles. The van der Waals surface area contributed by atoms with Crippen molar-refractivity contribution in [2.24, 2.45) is 5.92 Å². The van der Waals surface area contributed by atoms with Gasteiger partial charge >= 0.3 is 0 Å². The summed E-state index contributed by atoms with van der Waals surface area (Å²) in [7, 11) is -3.35. The van der Waals surface area contributed by atoms with Crippen molar-refractivity contribution < 1.29 is 8.42 Å². The van der Waals surface area contributed by atoms with Gasteiger partial charge in [0.05, 0.1) is 0 Å². The number of hydrogen-bond donors (Lipinski definition) is 1. The Balaban J connectivity index is 2.14. The van der Waals surface area contributed by atoms with Crippen molar-refractivity contribution in [2.75, 3.05) is 26.2 Å². The Labute approximate surface area is 127 Å². The number of nitrogens with one attached hydrogen (secondary N) is 1. The lowest BCUT2D eigenvalue weighted by Crippen LogP contribution is -2.39. The molecule has 0 unspecified atom stereocenters. The Bertz CT molecular complexity index is 510. The van der Waals surface area contributed by atoms with Crippen LogP contribution in [0.15, 0.2) is 20.1 Å². The van der Waals surface area contributed by atoms with Gasteiger partial charge in [0.1, 0.15) is 4.21 Å². The maximum Gasteiger partial charge on any atom is 0.253 e. The summed E-state index contributed by atoms with van der Waals surface area (Å²) in [6.07, 6.45) is 2.11. The monoisotopic (exact) mass is 366 g/mol. The molecule has 1 aliphatic rings. The van der Waals surface area contributed by atoms with Crippen LogP contribution in [0.3, 0.4) is 0 Å². The summed E-state index contributed by atoms with van der Waals surface area (Å²) in [6, 6.07) is 1.79. The molecule has 108 valence electrons. The molecule has 0 aliphatic carbocycles. The largest absolute Gasteiger partial charge is 0.317 e. The minimum Gasteiger partial charge on any atom is -0.317 e. The highest BCUT2D eigenvalue weighted by Gasteiger charge is 2.29. The molecular formula is C12H19BrN2O2S2. The molecule has 0 radical (unpaired) electrons. The van der Waals surface area contributed by atoms with Crippen molar-refractivity contribution in [3.05, 3.63) is 15.9 Å². The zero-order valence-corrected chi connectivity index (χ0v) is 14.2. The zero-order chi connectivity index (χ0) is 13.9. The summed E-state index contributed by atoms with van der Waals surface area (Å²) in [5.74, 6) is 0.467. The van der Waals surface area contributed by atoms with E-state index in [1.54, 1.807) is 15.8 Å². The van der Waals surface area contributed by atoms with Crippen LogP contribution in [0, 0.1) is 5.92 Å². The maximum atomic E-state index is 12.6. The van der Waals surface area contributed by atoms with Crippen molar-refractivity contribution >= 4 is 37.3 Å². The van der Waals surface area contributed by atoms with Crippen molar-refractivity contribution in [3.8, 4) is 0 Å². The van der Waals surface area contributed by atoms with Gasteiger partial charge in [-0.3, -0.25) is 0 Å². The van der Waals surface area contributed by atoms with Crippen LogP contribution < -0.4 is 5.32 Å². The van der Waals surface area contributed by atoms with Crippen LogP contribution in [0.25, 0.3) is 0 Å². The van der Waals surface area contributed by atoms with Crippen LogP contribution in [0.5, 0.6) is 0 Å². The summed E-state index contributed by atoms with van der Waals surface area (Å²) < 4.78 is 27.9. The normalized spacial score (nSPS) is 18.1. The molecular weight excluding hydrogens is 348 g/mol. The van der Waals surface area contributed by atoms with Gasteiger partial charge in [0.25, 0.3) is 10.0 Å². The molecule has 7 heteroatoms. The number of nitrogens with zero attached hydrogens (tertiary/aromatic N) is 1. The van der Waals surface area contributed by atoms with E-state index < -0.39 is 10.0 Å². The van der Waals surface area contributed by atoms with E-state index >= 15 is 0 Å². The molecule has 1 fully saturated rings. The fourth-order valence-corrected chi connectivity index (χ4v) is 6.31. The summed E-state index contributed by atoms with van der Waals surface area (Å²) in [6.45, 7) is 5.04. The first-order valence-corrected chi connectivity index (χ1v) is 9.60. The quantitative estimate of drug-likeness (QED) is 0.870. The minimum absolute atomic E-state index is 0.420. The van der Waals surface area contributed by atoms with Crippen LogP contribution in [0.2, 0.25) is 0 Å². The average Bonchev–Trinajstić information content (AvgIpc) is 2.84. The van der Waals surface area contributed by atoms with Crippen LogP contribution in [0.1, 0.15) is 19.8 Å². The highest BCUT2D eigenvalue weighted by Crippen LogP contribution is 2.31. The van der Waals surface area contributed by atoms with Crippen LogP contribution >= 0.6 is 27.3 Å². The Morgan fingerprint density at radius 2 is 2.16 bits per heavy atom. The minimum atomic E-state index is -3.35. The van der Waals surface area contributed by atoms with Crippen LogP contribution in [0.4, 0.5) is 0 Å². The van der Waals surface area contributed by atoms with E-state index in [0.717, 1.165) is 25.9 Å². The van der Waals surface area contributed by atoms with Gasteiger partial charge in [0, 0.05) is 17.6 Å². The summed E-state index contributed by atoms with van der Waals surface area (Å²) in [4.78, 5) is 0. The van der Waals surface area contributed by atoms with Gasteiger partial charge in [-0.25, -0.2) is 8.42 Å². The van der Waals surface area contributed by atoms with Crippen LogP contribution in [-0.4, -0.2) is 38.9 Å². The SMILES string of the molecule is CCN(CC1CCNCC1)S(=O)(=O)c1sccc1Br. The van der Waals surface area contributed by atoms with E-state index in [9.17, 15) is 8.42 Å². The highest BCUT2D eigenvalue weighted by molar-refractivity contribution is 9.10. The molecule has 0 aromatic carbocycles. The van der Waals surface area contributed by atoms with Crippen molar-refractivity contribution in [3.63, 3.8) is 0 Å². The second-order valence-electron chi connectivity index (χ2n) is 4.71. The number of halogens is 1. The third kappa shape index (κ3) is 3.58. The first kappa shape index (κ1) is 15.4. The predicted molar refractivity (Wildman–Crippen MR) is 82.0 cm³/mol. The second-order valence-corrected chi connectivity index (χ2v) is 8.61. The third-order valence-electron chi connectivity index (χ3n) is 3.43. The standard InChI is InChI=1S/C12H19BrN2O2S2/c1-2-15(9-10-3-6-14-7-4-10)19(16,17)12-11(13)5-8-18-12/h5,8,10,14H,2-4,6-7,9H2,1H3. The van der Waals surface area contributed by atoms with Crippen molar-refractivity contribution in [1.82, 2.24) is 9.62 Å². The number of thiophene rings is 1. The zero-order valence-electron chi connectivity index (χ0n) is 10.9. The van der Waals surface area contributed by atoms with E-state index in [4.69, 9.17) is 0 Å². The van der Waals surface area contributed by atoms with Gasteiger partial charge in [-0.05, 0) is 59.2 Å². The lowest BCUT2D eigenvalue weighted by atomic mass is 9.98. The Hall–Kier alpha value is 0.0500. The van der Waals surface area contributed by atoms with Gasteiger partial charge in [0.2, 0.25) is 0 Å². The third-order valence-corrected chi connectivity index (χ3v) is 8.02. The van der Waals surface area contributed by atoms with E-state index in [-0.39, 0.29) is 0 Å². The molecule has 1 aromatic rings. The maximum absolute atomic E-state index is 12.6. The van der Waals surface area contributed by atoms with Crippen molar-refractivity contribution in [1.29, 1.82) is 0 Å². The lowest BCUT2D eigenvalue weighted by Gasteiger charge is -2.28. The molecule has 2 rings (SSSR count). The Morgan fingerprint density at radius 3 is 2.68 bits per heavy atom. The molecule has 19 heavy (non-hydrogen) atoms. The molecule has 0 spiro atoms. The molecule has 1 aliphatic heterocycles. The van der Waals surface area contributed by atoms with Gasteiger partial charge in [0.15, 0.2) is 0 Å². The topological polar surface area (TPSA) is 49.4 Å². The molecule has 2 heterocycles. The van der Waals surface area contributed by atoms with Gasteiger partial charge in [-0.2, -0.15) is 4.31 Å². The van der Waals surface area contributed by atoms with E-state index in [0.29, 0.717) is 27.7 Å². The number of sulfonamides is 1. The first-order valence-electron chi connectivity index (χ1n) is 6.49. The predicted octanol–water partition coefficient (Wildman–Crippen LogP) is 2.52. The molecule has 0 bridgehead atoms. The van der Waals surface area contributed by atoms with E-state index in [2.05, 4.69) is 21.2 Å². The fraction of sp³-hybridized carbons (Fsp3) is 0.667. The Kier molecular flexibility index (Phi) is 5.42. The first-order chi connectivity index (χ1) is 9.05. The van der Waals surface area contributed by atoms with Crippen molar-refractivity contribution in [2.45, 2.75) is 24.0 Å². The van der Waals surface area contributed by atoms with Gasteiger partial charge in [-0.1, -0.05) is 6.92 Å². The highest BCUT2D eigenvalue weighted by atomic mass is 79.9. The Morgan fingerprint density at radius 1 is 1.47 bits per heavy atom. The van der Waals surface area contributed by atoms with Gasteiger partial charge in [-0.15, -0.1) is 11.3 Å². The smallest absolute Gasteiger partial charge is 0.253 e. The summed E-state index contributed by atoms with van der Waals surface area (Å²) in [5.41, 5.74) is 0. The molecule has 1 saturated heterocycles. The number of hydrogen-bond acceptors (Lipinski definition) is 4. The summed E-state index contributed by atoms with van der Waals surface area (Å²) >= 11 is 4.59. The second kappa shape index (κ2) is 6.67. The lowest BCUT2D eigenvalue weighted by molar-refractivity contribution is 0.294. The molecule has 0 atom stereocenters. The fourth-order valence-electron chi connectivity index (χ4n) is 2.33. The number of rotatable bonds is 5.